The Morgan fingerprint density at radius 3 is 2.71 bits per heavy atom. The molecule has 0 saturated heterocycles. The van der Waals surface area contributed by atoms with Gasteiger partial charge in [-0.25, -0.2) is 0 Å². The first-order chi connectivity index (χ1) is 8.20. The van der Waals surface area contributed by atoms with Crippen molar-refractivity contribution in [1.29, 1.82) is 0 Å². The molecule has 1 aromatic heterocycles. The number of phenolic OH excluding ortho intramolecular Hbond substituents is 2. The number of rotatable bonds is 3. The van der Waals surface area contributed by atoms with Crippen LogP contribution in [-0.4, -0.2) is 20.6 Å². The molecular formula is C11H10N2O4. The predicted molar refractivity (Wildman–Crippen MR) is 59.1 cm³/mol. The Balaban J connectivity index is 2.42. The molecule has 6 nitrogen and oxygen atoms in total. The Morgan fingerprint density at radius 1 is 1.29 bits per heavy atom. The van der Waals surface area contributed by atoms with Crippen LogP contribution in [-0.2, 0) is 0 Å². The second-order valence-electron chi connectivity index (χ2n) is 3.30. The van der Waals surface area contributed by atoms with Crippen molar-refractivity contribution in [2.75, 3.05) is 0 Å². The molecule has 6 heteroatoms. The first-order valence-corrected chi connectivity index (χ1v) is 4.75. The summed E-state index contributed by atoms with van der Waals surface area (Å²) in [6.45, 7) is 0. The second kappa shape index (κ2) is 4.58. The van der Waals surface area contributed by atoms with Crippen molar-refractivity contribution in [2.24, 2.45) is 0 Å². The lowest BCUT2D eigenvalue weighted by molar-refractivity contribution is 0.225. The van der Waals surface area contributed by atoms with Gasteiger partial charge in [-0.15, -0.1) is 0 Å². The summed E-state index contributed by atoms with van der Waals surface area (Å²) < 4.78 is 4.64. The number of hydroxylamine groups is 1. The van der Waals surface area contributed by atoms with Gasteiger partial charge >= 0.3 is 0 Å². The number of nitrogens with one attached hydrogen (secondary N) is 1. The van der Waals surface area contributed by atoms with Gasteiger partial charge in [-0.3, -0.25) is 10.7 Å². The van der Waals surface area contributed by atoms with Crippen LogP contribution in [0.4, 0.5) is 0 Å². The molecule has 0 radical (unpaired) electrons. The molecule has 4 N–H and O–H groups in total. The number of aromatic nitrogens is 1. The first-order valence-electron chi connectivity index (χ1n) is 4.75. The summed E-state index contributed by atoms with van der Waals surface area (Å²) in [5.41, 5.74) is 3.00. The maximum Gasteiger partial charge on any atom is 0.128 e. The van der Waals surface area contributed by atoms with Gasteiger partial charge in [0.05, 0.1) is 5.70 Å². The lowest BCUT2D eigenvalue weighted by Gasteiger charge is -2.07. The third-order valence-corrected chi connectivity index (χ3v) is 2.14. The molecule has 0 unspecified atom stereocenters. The number of benzene rings is 1. The number of phenols is 2. The highest BCUT2D eigenvalue weighted by atomic mass is 16.5. The molecule has 0 aliphatic heterocycles. The summed E-state index contributed by atoms with van der Waals surface area (Å²) in [4.78, 5) is 0. The fourth-order valence-electron chi connectivity index (χ4n) is 1.36. The Kier molecular flexibility index (Phi) is 2.97. The van der Waals surface area contributed by atoms with Crippen LogP contribution in [0.15, 0.2) is 35.1 Å². The molecule has 2 aromatic rings. The van der Waals surface area contributed by atoms with Crippen LogP contribution in [0.5, 0.6) is 11.5 Å². The molecule has 0 aliphatic carbocycles. The SMILES string of the molecule is ON/C(=C\c1ccon1)c1ccc(O)cc1O. The lowest BCUT2D eigenvalue weighted by atomic mass is 10.1. The van der Waals surface area contributed by atoms with Gasteiger partial charge in [-0.1, -0.05) is 5.16 Å². The second-order valence-corrected chi connectivity index (χ2v) is 3.30. The van der Waals surface area contributed by atoms with Crippen LogP contribution < -0.4 is 5.48 Å². The van der Waals surface area contributed by atoms with Crippen LogP contribution in [0.2, 0.25) is 0 Å². The highest BCUT2D eigenvalue weighted by Gasteiger charge is 2.08. The molecule has 1 aromatic carbocycles. The Hall–Kier alpha value is -2.47. The smallest absolute Gasteiger partial charge is 0.128 e. The summed E-state index contributed by atoms with van der Waals surface area (Å²) >= 11 is 0. The van der Waals surface area contributed by atoms with Crippen molar-refractivity contribution in [3.05, 3.63) is 41.8 Å². The van der Waals surface area contributed by atoms with E-state index in [9.17, 15) is 5.11 Å². The van der Waals surface area contributed by atoms with Crippen molar-refractivity contribution in [2.45, 2.75) is 0 Å². The quantitative estimate of drug-likeness (QED) is 0.601. The molecule has 0 bridgehead atoms. The monoisotopic (exact) mass is 234 g/mol. The fourth-order valence-corrected chi connectivity index (χ4v) is 1.36. The maximum absolute atomic E-state index is 9.63. The van der Waals surface area contributed by atoms with Crippen LogP contribution >= 0.6 is 0 Å². The van der Waals surface area contributed by atoms with E-state index in [1.165, 1.54) is 30.5 Å². The Bertz CT molecular complexity index is 534. The zero-order valence-electron chi connectivity index (χ0n) is 8.66. The van der Waals surface area contributed by atoms with Crippen molar-refractivity contribution in [3.63, 3.8) is 0 Å². The average Bonchev–Trinajstić information content (AvgIpc) is 2.79. The summed E-state index contributed by atoms with van der Waals surface area (Å²) in [7, 11) is 0. The average molecular weight is 234 g/mol. The van der Waals surface area contributed by atoms with E-state index in [0.717, 1.165) is 0 Å². The summed E-state index contributed by atoms with van der Waals surface area (Å²) in [5.74, 6) is -0.230. The van der Waals surface area contributed by atoms with Crippen LogP contribution in [0, 0.1) is 0 Å². The molecular weight excluding hydrogens is 224 g/mol. The molecule has 0 spiro atoms. The molecule has 0 fully saturated rings. The van der Waals surface area contributed by atoms with Gasteiger partial charge in [0.15, 0.2) is 0 Å². The van der Waals surface area contributed by atoms with E-state index in [1.807, 2.05) is 5.48 Å². The predicted octanol–water partition coefficient (Wildman–Crippen LogP) is 1.56. The molecule has 88 valence electrons. The summed E-state index contributed by atoms with van der Waals surface area (Å²) in [6.07, 6.45) is 2.87. The third kappa shape index (κ3) is 2.37. The van der Waals surface area contributed by atoms with Gasteiger partial charge < -0.3 is 14.7 Å². The molecule has 0 saturated carbocycles. The van der Waals surface area contributed by atoms with Crippen molar-refractivity contribution in [3.8, 4) is 11.5 Å². The van der Waals surface area contributed by atoms with E-state index < -0.39 is 0 Å². The molecule has 0 aliphatic rings. The normalized spacial score (nSPS) is 11.5. The minimum Gasteiger partial charge on any atom is -0.508 e. The van der Waals surface area contributed by atoms with Crippen LogP contribution in [0.25, 0.3) is 11.8 Å². The minimum absolute atomic E-state index is 0.0648. The zero-order chi connectivity index (χ0) is 12.3. The van der Waals surface area contributed by atoms with Gasteiger partial charge in [0.2, 0.25) is 0 Å². The molecule has 0 amide bonds. The largest absolute Gasteiger partial charge is 0.508 e. The highest BCUT2D eigenvalue weighted by molar-refractivity contribution is 5.81. The van der Waals surface area contributed by atoms with E-state index in [-0.39, 0.29) is 17.2 Å². The van der Waals surface area contributed by atoms with E-state index >= 15 is 0 Å². The molecule has 2 rings (SSSR count). The van der Waals surface area contributed by atoms with Crippen molar-refractivity contribution < 1.29 is 19.9 Å². The first kappa shape index (κ1) is 11.0. The van der Waals surface area contributed by atoms with E-state index in [4.69, 9.17) is 10.3 Å². The van der Waals surface area contributed by atoms with Gasteiger partial charge in [0.25, 0.3) is 0 Å². The van der Waals surface area contributed by atoms with Crippen molar-refractivity contribution in [1.82, 2.24) is 10.6 Å². The Morgan fingerprint density at radius 2 is 2.12 bits per heavy atom. The molecule has 0 atom stereocenters. The van der Waals surface area contributed by atoms with Gasteiger partial charge in [-0.2, -0.15) is 0 Å². The fraction of sp³-hybridized carbons (Fsp3) is 0. The summed E-state index contributed by atoms with van der Waals surface area (Å²) in [6, 6.07) is 5.61. The van der Waals surface area contributed by atoms with E-state index in [0.29, 0.717) is 11.3 Å². The highest BCUT2D eigenvalue weighted by Crippen LogP contribution is 2.28. The number of nitrogens with zero attached hydrogens (tertiary/aromatic N) is 1. The molecule has 17 heavy (non-hydrogen) atoms. The lowest BCUT2D eigenvalue weighted by Crippen LogP contribution is -2.05. The van der Waals surface area contributed by atoms with Crippen molar-refractivity contribution >= 4 is 11.8 Å². The Labute approximate surface area is 96.4 Å². The van der Waals surface area contributed by atoms with E-state index in [2.05, 4.69) is 9.68 Å². The van der Waals surface area contributed by atoms with Gasteiger partial charge in [0, 0.05) is 17.7 Å². The minimum atomic E-state index is -0.165. The molecule has 1 heterocycles. The third-order valence-electron chi connectivity index (χ3n) is 2.14. The van der Waals surface area contributed by atoms with Gasteiger partial charge in [0.1, 0.15) is 23.5 Å². The standard InChI is InChI=1S/C11H10N2O4/c14-8-1-2-9(11(15)6-8)10(12-16)5-7-3-4-17-13-7/h1-6,12,14-16H/b10-5-. The summed E-state index contributed by atoms with van der Waals surface area (Å²) in [5, 5.41) is 31.4. The number of aromatic hydroxyl groups is 2. The topological polar surface area (TPSA) is 98.8 Å². The number of hydrogen-bond acceptors (Lipinski definition) is 6. The van der Waals surface area contributed by atoms with Gasteiger partial charge in [-0.05, 0) is 18.2 Å². The number of hydrogen-bond donors (Lipinski definition) is 4. The van der Waals surface area contributed by atoms with Crippen LogP contribution in [0.1, 0.15) is 11.3 Å². The van der Waals surface area contributed by atoms with E-state index in [1.54, 1.807) is 6.07 Å². The van der Waals surface area contributed by atoms with Crippen LogP contribution in [0.3, 0.4) is 0 Å². The maximum atomic E-state index is 9.63. The zero-order valence-corrected chi connectivity index (χ0v) is 8.66.